The Kier molecular flexibility index (Phi) is 4.51. The van der Waals surface area contributed by atoms with E-state index in [9.17, 15) is 9.59 Å². The van der Waals surface area contributed by atoms with E-state index in [1.165, 1.54) is 14.2 Å². The van der Waals surface area contributed by atoms with Crippen LogP contribution in [0, 0.1) is 0 Å². The average Bonchev–Trinajstić information content (AvgIpc) is 2.34. The molecule has 0 bridgehead atoms. The van der Waals surface area contributed by atoms with Crippen LogP contribution in [0.25, 0.3) is 0 Å². The van der Waals surface area contributed by atoms with E-state index in [2.05, 4.69) is 4.74 Å². The summed E-state index contributed by atoms with van der Waals surface area (Å²) >= 11 is 0. The number of hydrogen-bond donors (Lipinski definition) is 1. The van der Waals surface area contributed by atoms with Gasteiger partial charge in [-0.1, -0.05) is 6.07 Å². The molecular formula is C12H14O5. The van der Waals surface area contributed by atoms with Crippen molar-refractivity contribution in [3.05, 3.63) is 29.3 Å². The maximum Gasteiger partial charge on any atom is 0.337 e. The number of carboxylic acid groups (broad SMARTS) is 1. The SMILES string of the molecule is COC(=O)c1ccc(CCC(=O)O)c(OC)c1. The Bertz CT molecular complexity index is 425. The van der Waals surface area contributed by atoms with E-state index in [1.807, 2.05) is 0 Å². The molecule has 5 heteroatoms. The minimum atomic E-state index is -0.871. The highest BCUT2D eigenvalue weighted by molar-refractivity contribution is 5.89. The third-order valence-electron chi connectivity index (χ3n) is 2.32. The Hall–Kier alpha value is -2.04. The molecule has 1 N–H and O–H groups in total. The van der Waals surface area contributed by atoms with Crippen molar-refractivity contribution in [2.45, 2.75) is 12.8 Å². The zero-order valence-electron chi connectivity index (χ0n) is 9.73. The lowest BCUT2D eigenvalue weighted by atomic mass is 10.1. The predicted octanol–water partition coefficient (Wildman–Crippen LogP) is 1.50. The largest absolute Gasteiger partial charge is 0.496 e. The van der Waals surface area contributed by atoms with Crippen LogP contribution in [0.1, 0.15) is 22.3 Å². The molecule has 1 rings (SSSR count). The summed E-state index contributed by atoms with van der Waals surface area (Å²) in [5, 5.41) is 8.60. The summed E-state index contributed by atoms with van der Waals surface area (Å²) in [7, 11) is 2.77. The van der Waals surface area contributed by atoms with Crippen molar-refractivity contribution in [3.8, 4) is 5.75 Å². The minimum Gasteiger partial charge on any atom is -0.496 e. The van der Waals surface area contributed by atoms with Crippen molar-refractivity contribution < 1.29 is 24.2 Å². The summed E-state index contributed by atoms with van der Waals surface area (Å²) in [6.07, 6.45) is 0.383. The Balaban J connectivity index is 2.93. The number of esters is 1. The van der Waals surface area contributed by atoms with Crippen LogP contribution >= 0.6 is 0 Å². The standard InChI is InChI=1S/C12H14O5/c1-16-10-7-9(12(15)17-2)4-3-8(10)5-6-11(13)14/h3-4,7H,5-6H2,1-2H3,(H,13,14). The van der Waals surface area contributed by atoms with E-state index in [4.69, 9.17) is 9.84 Å². The van der Waals surface area contributed by atoms with Gasteiger partial charge in [0.2, 0.25) is 0 Å². The van der Waals surface area contributed by atoms with E-state index in [0.717, 1.165) is 5.56 Å². The van der Waals surface area contributed by atoms with Crippen LogP contribution in [0.4, 0.5) is 0 Å². The van der Waals surface area contributed by atoms with Gasteiger partial charge in [-0.25, -0.2) is 4.79 Å². The van der Waals surface area contributed by atoms with Crippen molar-refractivity contribution >= 4 is 11.9 Å². The number of rotatable bonds is 5. The summed E-state index contributed by atoms with van der Waals surface area (Å²) in [6.45, 7) is 0. The van der Waals surface area contributed by atoms with Crippen LogP contribution < -0.4 is 4.74 Å². The van der Waals surface area contributed by atoms with Crippen LogP contribution in [0.15, 0.2) is 18.2 Å². The number of carboxylic acids is 1. The molecule has 5 nitrogen and oxygen atoms in total. The molecule has 0 aliphatic heterocycles. The molecule has 1 aromatic carbocycles. The van der Waals surface area contributed by atoms with E-state index in [-0.39, 0.29) is 6.42 Å². The number of ether oxygens (including phenoxy) is 2. The van der Waals surface area contributed by atoms with Crippen LogP contribution in [0.2, 0.25) is 0 Å². The van der Waals surface area contributed by atoms with Gasteiger partial charge in [-0.3, -0.25) is 4.79 Å². The fourth-order valence-corrected chi connectivity index (χ4v) is 1.44. The summed E-state index contributed by atoms with van der Waals surface area (Å²) in [5.41, 5.74) is 1.13. The molecule has 0 heterocycles. The van der Waals surface area contributed by atoms with Gasteiger partial charge in [0.25, 0.3) is 0 Å². The maximum absolute atomic E-state index is 11.3. The fourth-order valence-electron chi connectivity index (χ4n) is 1.44. The maximum atomic E-state index is 11.3. The first-order valence-electron chi connectivity index (χ1n) is 5.05. The molecule has 0 saturated heterocycles. The van der Waals surface area contributed by atoms with Gasteiger partial charge in [-0.05, 0) is 24.1 Å². The molecule has 0 radical (unpaired) electrons. The van der Waals surface area contributed by atoms with Gasteiger partial charge in [0.1, 0.15) is 5.75 Å². The molecule has 0 unspecified atom stereocenters. The first kappa shape index (κ1) is 13.0. The molecule has 0 aliphatic carbocycles. The highest BCUT2D eigenvalue weighted by Gasteiger charge is 2.11. The number of carbonyl (C=O) groups excluding carboxylic acids is 1. The smallest absolute Gasteiger partial charge is 0.337 e. The quantitative estimate of drug-likeness (QED) is 0.787. The molecule has 92 valence electrons. The van der Waals surface area contributed by atoms with Crippen LogP contribution in [-0.4, -0.2) is 31.3 Å². The Morgan fingerprint density at radius 2 is 2.00 bits per heavy atom. The van der Waals surface area contributed by atoms with Crippen molar-refractivity contribution in [2.75, 3.05) is 14.2 Å². The molecule has 0 spiro atoms. The van der Waals surface area contributed by atoms with Gasteiger partial charge in [0.15, 0.2) is 0 Å². The third kappa shape index (κ3) is 3.48. The molecule has 0 aliphatic rings. The zero-order valence-corrected chi connectivity index (χ0v) is 9.73. The van der Waals surface area contributed by atoms with Crippen LogP contribution in [-0.2, 0) is 16.0 Å². The van der Waals surface area contributed by atoms with Crippen LogP contribution in [0.3, 0.4) is 0 Å². The first-order chi connectivity index (χ1) is 8.08. The van der Waals surface area contributed by atoms with Gasteiger partial charge >= 0.3 is 11.9 Å². The van der Waals surface area contributed by atoms with Crippen molar-refractivity contribution in [1.82, 2.24) is 0 Å². The summed E-state index contributed by atoms with van der Waals surface area (Å²) < 4.78 is 9.70. The highest BCUT2D eigenvalue weighted by atomic mass is 16.5. The predicted molar refractivity (Wildman–Crippen MR) is 60.3 cm³/mol. The third-order valence-corrected chi connectivity index (χ3v) is 2.32. The van der Waals surface area contributed by atoms with E-state index in [0.29, 0.717) is 17.7 Å². The summed E-state index contributed by atoms with van der Waals surface area (Å²) in [5.74, 6) is -0.827. The molecule has 0 fully saturated rings. The zero-order chi connectivity index (χ0) is 12.8. The van der Waals surface area contributed by atoms with Gasteiger partial charge in [-0.15, -0.1) is 0 Å². The average molecular weight is 238 g/mol. The first-order valence-corrected chi connectivity index (χ1v) is 5.05. The van der Waals surface area contributed by atoms with Crippen molar-refractivity contribution in [2.24, 2.45) is 0 Å². The van der Waals surface area contributed by atoms with E-state index < -0.39 is 11.9 Å². The van der Waals surface area contributed by atoms with Gasteiger partial charge < -0.3 is 14.6 Å². The number of methoxy groups -OCH3 is 2. The van der Waals surface area contributed by atoms with Gasteiger partial charge in [0.05, 0.1) is 19.8 Å². The lowest BCUT2D eigenvalue weighted by Crippen LogP contribution is -2.04. The number of aliphatic carboxylic acids is 1. The molecule has 0 atom stereocenters. The highest BCUT2D eigenvalue weighted by Crippen LogP contribution is 2.22. The van der Waals surface area contributed by atoms with E-state index >= 15 is 0 Å². The lowest BCUT2D eigenvalue weighted by molar-refractivity contribution is -0.136. The second-order valence-electron chi connectivity index (χ2n) is 3.41. The molecular weight excluding hydrogens is 224 g/mol. The van der Waals surface area contributed by atoms with Gasteiger partial charge in [0, 0.05) is 6.42 Å². The number of aryl methyl sites for hydroxylation is 1. The van der Waals surface area contributed by atoms with Crippen molar-refractivity contribution in [3.63, 3.8) is 0 Å². The fraction of sp³-hybridized carbons (Fsp3) is 0.333. The normalized spacial score (nSPS) is 9.76. The number of benzene rings is 1. The molecule has 0 saturated carbocycles. The number of carbonyl (C=O) groups is 2. The topological polar surface area (TPSA) is 72.8 Å². The molecule has 0 aromatic heterocycles. The second kappa shape index (κ2) is 5.89. The van der Waals surface area contributed by atoms with E-state index in [1.54, 1.807) is 18.2 Å². The molecule has 0 amide bonds. The monoisotopic (exact) mass is 238 g/mol. The molecule has 1 aromatic rings. The number of hydrogen-bond acceptors (Lipinski definition) is 4. The lowest BCUT2D eigenvalue weighted by Gasteiger charge is -2.09. The Labute approximate surface area is 99.0 Å². The second-order valence-corrected chi connectivity index (χ2v) is 3.41. The Morgan fingerprint density at radius 1 is 1.29 bits per heavy atom. The summed E-state index contributed by atoms with van der Waals surface area (Å²) in [6, 6.07) is 4.81. The van der Waals surface area contributed by atoms with Crippen LogP contribution in [0.5, 0.6) is 5.75 Å². The van der Waals surface area contributed by atoms with Gasteiger partial charge in [-0.2, -0.15) is 0 Å². The minimum absolute atomic E-state index is 0.0218. The van der Waals surface area contributed by atoms with Crippen molar-refractivity contribution in [1.29, 1.82) is 0 Å². The Morgan fingerprint density at radius 3 is 2.53 bits per heavy atom. The summed E-state index contributed by atoms with van der Waals surface area (Å²) in [4.78, 5) is 21.8. The molecule has 17 heavy (non-hydrogen) atoms.